The van der Waals surface area contributed by atoms with Crippen molar-refractivity contribution in [2.24, 2.45) is 0 Å². The minimum atomic E-state index is -0.832. The van der Waals surface area contributed by atoms with Gasteiger partial charge >= 0.3 is 5.97 Å². The molecule has 0 aliphatic carbocycles. The summed E-state index contributed by atoms with van der Waals surface area (Å²) in [7, 11) is 0. The van der Waals surface area contributed by atoms with Crippen LogP contribution in [0.2, 0.25) is 0 Å². The maximum absolute atomic E-state index is 10.8. The summed E-state index contributed by atoms with van der Waals surface area (Å²) in [4.78, 5) is 16.0. The van der Waals surface area contributed by atoms with Crippen molar-refractivity contribution in [1.29, 1.82) is 0 Å². The monoisotopic (exact) mass is 254 g/mol. The van der Waals surface area contributed by atoms with Crippen molar-refractivity contribution in [2.75, 3.05) is 31.1 Å². The molecule has 1 aromatic heterocycles. The topological polar surface area (TPSA) is 43.8 Å². The van der Waals surface area contributed by atoms with Gasteiger partial charge in [0.2, 0.25) is 0 Å². The van der Waals surface area contributed by atoms with E-state index in [0.29, 0.717) is 10.9 Å². The molecule has 4 nitrogen and oxygen atoms in total. The zero-order valence-electron chi connectivity index (χ0n) is 10.2. The van der Waals surface area contributed by atoms with Gasteiger partial charge in [0, 0.05) is 25.7 Å². The molecule has 17 heavy (non-hydrogen) atoms. The minimum absolute atomic E-state index is 0.422. The second-order valence-electron chi connectivity index (χ2n) is 4.37. The Labute approximate surface area is 105 Å². The van der Waals surface area contributed by atoms with Crippen molar-refractivity contribution in [3.05, 3.63) is 17.0 Å². The van der Waals surface area contributed by atoms with Crippen molar-refractivity contribution in [1.82, 2.24) is 4.90 Å². The van der Waals surface area contributed by atoms with E-state index >= 15 is 0 Å². The number of aromatic carboxylic acids is 1. The van der Waals surface area contributed by atoms with Crippen molar-refractivity contribution in [3.8, 4) is 0 Å². The third kappa shape index (κ3) is 2.61. The molecule has 1 aliphatic rings. The number of likely N-dealkylation sites (N-methyl/N-ethyl adjacent to an activating group) is 1. The Kier molecular flexibility index (Phi) is 3.69. The van der Waals surface area contributed by atoms with Crippen LogP contribution in [0.4, 0.5) is 5.00 Å². The molecule has 2 rings (SSSR count). The van der Waals surface area contributed by atoms with Crippen molar-refractivity contribution < 1.29 is 9.90 Å². The number of hydrogen-bond acceptors (Lipinski definition) is 4. The average Bonchev–Trinajstić information content (AvgIpc) is 2.78. The van der Waals surface area contributed by atoms with Crippen LogP contribution in [0.1, 0.15) is 23.5 Å². The molecule has 0 saturated carbocycles. The highest BCUT2D eigenvalue weighted by Crippen LogP contribution is 2.27. The molecule has 1 atom stereocenters. The maximum atomic E-state index is 10.8. The van der Waals surface area contributed by atoms with Crippen LogP contribution in [0.5, 0.6) is 0 Å². The molecule has 1 saturated heterocycles. The van der Waals surface area contributed by atoms with Crippen LogP contribution >= 0.6 is 11.3 Å². The third-order valence-electron chi connectivity index (χ3n) is 3.29. The number of hydrogen-bond donors (Lipinski definition) is 1. The Morgan fingerprint density at radius 2 is 2.29 bits per heavy atom. The summed E-state index contributed by atoms with van der Waals surface area (Å²) in [5.41, 5.74) is 0. The first-order valence-corrected chi connectivity index (χ1v) is 6.75. The zero-order chi connectivity index (χ0) is 12.4. The van der Waals surface area contributed by atoms with Gasteiger partial charge in [-0.1, -0.05) is 6.92 Å². The molecule has 0 bridgehead atoms. The van der Waals surface area contributed by atoms with Gasteiger partial charge in [-0.3, -0.25) is 4.90 Å². The molecule has 1 aliphatic heterocycles. The smallest absolute Gasteiger partial charge is 0.345 e. The molecule has 1 N–H and O–H groups in total. The molecular weight excluding hydrogens is 236 g/mol. The Bertz CT molecular complexity index is 405. The van der Waals surface area contributed by atoms with Crippen molar-refractivity contribution >= 4 is 22.3 Å². The summed E-state index contributed by atoms with van der Waals surface area (Å²) >= 11 is 1.37. The van der Waals surface area contributed by atoms with Gasteiger partial charge in [-0.25, -0.2) is 4.79 Å². The predicted octanol–water partition coefficient (Wildman–Crippen LogP) is 1.98. The van der Waals surface area contributed by atoms with Crippen LogP contribution < -0.4 is 4.90 Å². The first kappa shape index (κ1) is 12.4. The number of anilines is 1. The molecule has 94 valence electrons. The van der Waals surface area contributed by atoms with Gasteiger partial charge in [0.1, 0.15) is 4.88 Å². The van der Waals surface area contributed by atoms with E-state index in [9.17, 15) is 4.79 Å². The largest absolute Gasteiger partial charge is 0.477 e. The van der Waals surface area contributed by atoms with E-state index in [-0.39, 0.29) is 0 Å². The summed E-state index contributed by atoms with van der Waals surface area (Å²) in [6.07, 6.45) is 0. The number of carboxylic acids is 1. The van der Waals surface area contributed by atoms with E-state index in [4.69, 9.17) is 5.11 Å². The fraction of sp³-hybridized carbons (Fsp3) is 0.583. The quantitative estimate of drug-likeness (QED) is 0.895. The number of carboxylic acid groups (broad SMARTS) is 1. The second kappa shape index (κ2) is 5.06. The van der Waals surface area contributed by atoms with E-state index in [1.54, 1.807) is 6.07 Å². The van der Waals surface area contributed by atoms with Gasteiger partial charge < -0.3 is 10.0 Å². The Morgan fingerprint density at radius 3 is 2.82 bits per heavy atom. The van der Waals surface area contributed by atoms with Crippen LogP contribution in [0.3, 0.4) is 0 Å². The fourth-order valence-corrected chi connectivity index (χ4v) is 3.16. The Hall–Kier alpha value is -1.07. The highest BCUT2D eigenvalue weighted by atomic mass is 32.1. The number of carbonyl (C=O) groups is 1. The molecule has 0 amide bonds. The van der Waals surface area contributed by atoms with Gasteiger partial charge in [0.25, 0.3) is 0 Å². The van der Waals surface area contributed by atoms with Crippen LogP contribution in [-0.4, -0.2) is 48.2 Å². The van der Waals surface area contributed by atoms with Gasteiger partial charge in [-0.05, 0) is 25.6 Å². The van der Waals surface area contributed by atoms with Gasteiger partial charge in [-0.2, -0.15) is 0 Å². The summed E-state index contributed by atoms with van der Waals surface area (Å²) in [6.45, 7) is 8.50. The maximum Gasteiger partial charge on any atom is 0.345 e. The molecule has 1 unspecified atom stereocenters. The van der Waals surface area contributed by atoms with E-state index in [1.165, 1.54) is 11.3 Å². The lowest BCUT2D eigenvalue weighted by molar-refractivity contribution is 0.0702. The van der Waals surface area contributed by atoms with E-state index in [0.717, 1.165) is 31.2 Å². The normalized spacial score (nSPS) is 21.8. The Balaban J connectivity index is 2.06. The van der Waals surface area contributed by atoms with Crippen LogP contribution in [-0.2, 0) is 0 Å². The molecular formula is C12H18N2O2S. The number of thiophene rings is 1. The predicted molar refractivity (Wildman–Crippen MR) is 70.2 cm³/mol. The highest BCUT2D eigenvalue weighted by Gasteiger charge is 2.23. The number of piperazine rings is 1. The van der Waals surface area contributed by atoms with E-state index in [1.807, 2.05) is 6.07 Å². The van der Waals surface area contributed by atoms with Gasteiger partial charge in [0.05, 0.1) is 5.00 Å². The Morgan fingerprint density at radius 1 is 1.53 bits per heavy atom. The van der Waals surface area contributed by atoms with E-state index in [2.05, 4.69) is 23.6 Å². The lowest BCUT2D eigenvalue weighted by Gasteiger charge is -2.39. The number of nitrogens with zero attached hydrogens (tertiary/aromatic N) is 2. The molecule has 5 heteroatoms. The zero-order valence-corrected chi connectivity index (χ0v) is 11.0. The summed E-state index contributed by atoms with van der Waals surface area (Å²) < 4.78 is 0. The van der Waals surface area contributed by atoms with Crippen molar-refractivity contribution in [3.63, 3.8) is 0 Å². The summed E-state index contributed by atoms with van der Waals surface area (Å²) in [6, 6.07) is 4.14. The molecule has 0 aromatic carbocycles. The lowest BCUT2D eigenvalue weighted by Crippen LogP contribution is -2.51. The first-order chi connectivity index (χ1) is 8.11. The third-order valence-corrected chi connectivity index (χ3v) is 4.42. The second-order valence-corrected chi connectivity index (χ2v) is 5.43. The molecule has 0 spiro atoms. The molecule has 1 fully saturated rings. The average molecular weight is 254 g/mol. The lowest BCUT2D eigenvalue weighted by atomic mass is 10.2. The summed E-state index contributed by atoms with van der Waals surface area (Å²) in [5.74, 6) is -0.832. The molecule has 2 heterocycles. The standard InChI is InChI=1S/C12H18N2O2S/c1-3-13-6-7-14(8-9(13)2)11-5-4-10(17-11)12(15)16/h4-5,9H,3,6-8H2,1-2H3,(H,15,16). The fourth-order valence-electron chi connectivity index (χ4n) is 2.28. The van der Waals surface area contributed by atoms with E-state index < -0.39 is 5.97 Å². The SMILES string of the molecule is CCN1CCN(c2ccc(C(=O)O)s2)CC1C. The van der Waals surface area contributed by atoms with Gasteiger partial charge in [0.15, 0.2) is 0 Å². The van der Waals surface area contributed by atoms with Crippen LogP contribution in [0.25, 0.3) is 0 Å². The summed E-state index contributed by atoms with van der Waals surface area (Å²) in [5, 5.41) is 9.99. The van der Waals surface area contributed by atoms with Crippen LogP contribution in [0, 0.1) is 0 Å². The van der Waals surface area contributed by atoms with Crippen LogP contribution in [0.15, 0.2) is 12.1 Å². The highest BCUT2D eigenvalue weighted by molar-refractivity contribution is 7.17. The first-order valence-electron chi connectivity index (χ1n) is 5.94. The number of rotatable bonds is 3. The van der Waals surface area contributed by atoms with Gasteiger partial charge in [-0.15, -0.1) is 11.3 Å². The minimum Gasteiger partial charge on any atom is -0.477 e. The molecule has 1 aromatic rings. The van der Waals surface area contributed by atoms with Crippen molar-refractivity contribution in [2.45, 2.75) is 19.9 Å². The molecule has 0 radical (unpaired) electrons.